The van der Waals surface area contributed by atoms with Crippen molar-refractivity contribution in [2.45, 2.75) is 20.1 Å². The summed E-state index contributed by atoms with van der Waals surface area (Å²) in [7, 11) is 1.57. The molecular weight excluding hydrogens is 358 g/mol. The van der Waals surface area contributed by atoms with Crippen LogP contribution in [0.1, 0.15) is 28.7 Å². The number of fused-ring (bicyclic) bond motifs is 2. The van der Waals surface area contributed by atoms with E-state index in [-0.39, 0.29) is 11.8 Å². The molecule has 1 aliphatic heterocycles. The molecule has 8 heteroatoms. The molecule has 2 amide bonds. The maximum atomic E-state index is 11.8. The number of nitrogens with zero attached hydrogens (tertiary/aromatic N) is 3. The molecule has 8 nitrogen and oxygen atoms in total. The van der Waals surface area contributed by atoms with Gasteiger partial charge in [0.25, 0.3) is 5.91 Å². The largest absolute Gasteiger partial charge is 0.487 e. The van der Waals surface area contributed by atoms with Crippen LogP contribution in [-0.2, 0) is 17.9 Å². The molecule has 0 unspecified atom stereocenters. The van der Waals surface area contributed by atoms with E-state index in [1.54, 1.807) is 19.3 Å². The highest BCUT2D eigenvalue weighted by Gasteiger charge is 2.18. The van der Waals surface area contributed by atoms with Crippen LogP contribution in [0.4, 0.5) is 5.69 Å². The maximum absolute atomic E-state index is 11.8. The SMILES string of the molecule is CNC(=O)c1cc(-c2cc3n(n2)Cc2ccc(NC(C)=O)cc2OC3)ccn1. The first-order valence-corrected chi connectivity index (χ1v) is 8.82. The Bertz CT molecular complexity index is 1070. The van der Waals surface area contributed by atoms with E-state index in [0.717, 1.165) is 28.3 Å². The molecule has 2 aromatic heterocycles. The van der Waals surface area contributed by atoms with E-state index in [1.807, 2.05) is 35.0 Å². The van der Waals surface area contributed by atoms with Gasteiger partial charge >= 0.3 is 0 Å². The summed E-state index contributed by atoms with van der Waals surface area (Å²) in [4.78, 5) is 27.2. The summed E-state index contributed by atoms with van der Waals surface area (Å²) < 4.78 is 7.83. The number of benzene rings is 1. The normalized spacial score (nSPS) is 12.2. The lowest BCUT2D eigenvalue weighted by molar-refractivity contribution is -0.114. The fraction of sp³-hybridized carbons (Fsp3) is 0.200. The Kier molecular flexibility index (Phi) is 4.52. The lowest BCUT2D eigenvalue weighted by atomic mass is 10.1. The van der Waals surface area contributed by atoms with Gasteiger partial charge in [-0.25, -0.2) is 0 Å². The zero-order chi connectivity index (χ0) is 19.7. The van der Waals surface area contributed by atoms with Gasteiger partial charge in [0.2, 0.25) is 5.91 Å². The summed E-state index contributed by atoms with van der Waals surface area (Å²) in [6.45, 7) is 2.38. The molecule has 0 saturated heterocycles. The molecule has 0 atom stereocenters. The van der Waals surface area contributed by atoms with Crippen molar-refractivity contribution in [2.75, 3.05) is 12.4 Å². The molecule has 0 saturated carbocycles. The molecule has 1 aromatic carbocycles. The van der Waals surface area contributed by atoms with Crippen LogP contribution in [0, 0.1) is 0 Å². The van der Waals surface area contributed by atoms with Crippen molar-refractivity contribution in [3.05, 3.63) is 59.5 Å². The standard InChI is InChI=1S/C20H19N5O3/c1-12(26)23-15-4-3-14-10-25-16(11-28-19(14)8-15)9-17(24-25)13-5-6-22-18(7-13)20(27)21-2/h3-9H,10-11H2,1-2H3,(H,21,27)(H,23,26). The quantitative estimate of drug-likeness (QED) is 0.729. The first kappa shape index (κ1) is 17.7. The number of carbonyl (C=O) groups is 2. The van der Waals surface area contributed by atoms with Crippen LogP contribution in [0.5, 0.6) is 5.75 Å². The number of hydrogen-bond acceptors (Lipinski definition) is 5. The Hall–Kier alpha value is -3.68. The minimum Gasteiger partial charge on any atom is -0.487 e. The second-order valence-electron chi connectivity index (χ2n) is 6.48. The van der Waals surface area contributed by atoms with Gasteiger partial charge in [-0.1, -0.05) is 6.07 Å². The first-order chi connectivity index (χ1) is 13.5. The van der Waals surface area contributed by atoms with Crippen molar-refractivity contribution in [3.8, 4) is 17.0 Å². The van der Waals surface area contributed by atoms with E-state index >= 15 is 0 Å². The minimum absolute atomic E-state index is 0.125. The summed E-state index contributed by atoms with van der Waals surface area (Å²) in [6, 6.07) is 11.1. The predicted octanol–water partition coefficient (Wildman–Crippen LogP) is 2.20. The molecule has 0 aliphatic carbocycles. The van der Waals surface area contributed by atoms with Gasteiger partial charge in [0.05, 0.1) is 17.9 Å². The van der Waals surface area contributed by atoms with E-state index in [1.165, 1.54) is 6.92 Å². The number of anilines is 1. The molecule has 0 fully saturated rings. The van der Waals surface area contributed by atoms with Crippen molar-refractivity contribution in [2.24, 2.45) is 0 Å². The van der Waals surface area contributed by atoms with Crippen LogP contribution in [0.2, 0.25) is 0 Å². The van der Waals surface area contributed by atoms with E-state index in [0.29, 0.717) is 24.5 Å². The molecule has 142 valence electrons. The van der Waals surface area contributed by atoms with Crippen LogP contribution in [0.3, 0.4) is 0 Å². The van der Waals surface area contributed by atoms with Gasteiger partial charge in [0.1, 0.15) is 18.1 Å². The Morgan fingerprint density at radius 1 is 1.18 bits per heavy atom. The van der Waals surface area contributed by atoms with Crippen molar-refractivity contribution in [1.82, 2.24) is 20.1 Å². The summed E-state index contributed by atoms with van der Waals surface area (Å²) in [6.07, 6.45) is 1.60. The number of nitrogens with one attached hydrogen (secondary N) is 2. The summed E-state index contributed by atoms with van der Waals surface area (Å²) in [5.41, 5.74) is 4.51. The average Bonchev–Trinajstić information content (AvgIpc) is 3.02. The fourth-order valence-electron chi connectivity index (χ4n) is 3.11. The third-order valence-electron chi connectivity index (χ3n) is 4.46. The van der Waals surface area contributed by atoms with E-state index in [2.05, 4.69) is 20.7 Å². The van der Waals surface area contributed by atoms with E-state index in [4.69, 9.17) is 4.74 Å². The molecule has 28 heavy (non-hydrogen) atoms. The van der Waals surface area contributed by atoms with Gasteiger partial charge < -0.3 is 15.4 Å². The third kappa shape index (κ3) is 3.44. The molecule has 3 heterocycles. The van der Waals surface area contributed by atoms with Crippen LogP contribution in [0.25, 0.3) is 11.3 Å². The van der Waals surface area contributed by atoms with E-state index < -0.39 is 0 Å². The lowest BCUT2D eigenvalue weighted by Gasteiger charge is -2.09. The molecular formula is C20H19N5O3. The first-order valence-electron chi connectivity index (χ1n) is 8.82. The predicted molar refractivity (Wildman–Crippen MR) is 103 cm³/mol. The number of ether oxygens (including phenoxy) is 1. The number of aromatic nitrogens is 3. The van der Waals surface area contributed by atoms with Crippen LogP contribution >= 0.6 is 0 Å². The molecule has 0 radical (unpaired) electrons. The van der Waals surface area contributed by atoms with Crippen LogP contribution in [0.15, 0.2) is 42.6 Å². The van der Waals surface area contributed by atoms with Crippen molar-refractivity contribution in [1.29, 1.82) is 0 Å². The fourth-order valence-corrected chi connectivity index (χ4v) is 3.11. The van der Waals surface area contributed by atoms with Gasteiger partial charge in [0.15, 0.2) is 0 Å². The van der Waals surface area contributed by atoms with Crippen LogP contribution in [-0.4, -0.2) is 33.6 Å². The van der Waals surface area contributed by atoms with Gasteiger partial charge in [-0.3, -0.25) is 19.3 Å². The summed E-state index contributed by atoms with van der Waals surface area (Å²) >= 11 is 0. The van der Waals surface area contributed by atoms with Crippen molar-refractivity contribution < 1.29 is 14.3 Å². The van der Waals surface area contributed by atoms with Crippen molar-refractivity contribution in [3.63, 3.8) is 0 Å². The number of amides is 2. The van der Waals surface area contributed by atoms with Gasteiger partial charge in [-0.2, -0.15) is 5.10 Å². The third-order valence-corrected chi connectivity index (χ3v) is 4.46. The Labute approximate surface area is 161 Å². The Morgan fingerprint density at radius 2 is 2.04 bits per heavy atom. The van der Waals surface area contributed by atoms with Gasteiger partial charge in [-0.05, 0) is 24.3 Å². The highest BCUT2D eigenvalue weighted by atomic mass is 16.5. The van der Waals surface area contributed by atoms with Crippen LogP contribution < -0.4 is 15.4 Å². The zero-order valence-corrected chi connectivity index (χ0v) is 15.5. The number of hydrogen-bond donors (Lipinski definition) is 2. The van der Waals surface area contributed by atoms with Gasteiger partial charge in [-0.15, -0.1) is 0 Å². The summed E-state index contributed by atoms with van der Waals surface area (Å²) in [5, 5.41) is 10.0. The zero-order valence-electron chi connectivity index (χ0n) is 15.5. The second kappa shape index (κ2) is 7.15. The highest BCUT2D eigenvalue weighted by Crippen LogP contribution is 2.30. The maximum Gasteiger partial charge on any atom is 0.269 e. The number of pyridine rings is 1. The lowest BCUT2D eigenvalue weighted by Crippen LogP contribution is -2.19. The summed E-state index contributed by atoms with van der Waals surface area (Å²) in [5.74, 6) is 0.360. The van der Waals surface area contributed by atoms with Crippen molar-refractivity contribution >= 4 is 17.5 Å². The average molecular weight is 377 g/mol. The Balaban J connectivity index is 1.63. The second-order valence-corrected chi connectivity index (χ2v) is 6.48. The molecule has 1 aliphatic rings. The Morgan fingerprint density at radius 3 is 2.82 bits per heavy atom. The molecule has 2 N–H and O–H groups in total. The monoisotopic (exact) mass is 377 g/mol. The van der Waals surface area contributed by atoms with Gasteiger partial charge in [0, 0.05) is 43.0 Å². The smallest absolute Gasteiger partial charge is 0.269 e. The topological polar surface area (TPSA) is 98.1 Å². The molecule has 3 aromatic rings. The number of rotatable bonds is 3. The molecule has 0 bridgehead atoms. The molecule has 4 rings (SSSR count). The highest BCUT2D eigenvalue weighted by molar-refractivity contribution is 5.93. The van der Waals surface area contributed by atoms with E-state index in [9.17, 15) is 9.59 Å². The number of carbonyl (C=O) groups excluding carboxylic acids is 2. The minimum atomic E-state index is -0.241. The molecule has 0 spiro atoms.